The Morgan fingerprint density at radius 1 is 1.13 bits per heavy atom. The first-order valence-electron chi connectivity index (χ1n) is 9.16. The van der Waals surface area contributed by atoms with E-state index in [1.807, 2.05) is 19.1 Å². The summed E-state index contributed by atoms with van der Waals surface area (Å²) in [6.45, 7) is 1.81. The highest BCUT2D eigenvalue weighted by Gasteiger charge is 2.35. The fourth-order valence-corrected chi connectivity index (χ4v) is 3.82. The molecule has 10 heteroatoms. The second kappa shape index (κ2) is 7.71. The summed E-state index contributed by atoms with van der Waals surface area (Å²) in [5.74, 6) is 2.20. The van der Waals surface area contributed by atoms with Crippen molar-refractivity contribution in [3.8, 4) is 11.5 Å². The normalized spacial score (nSPS) is 16.2. The van der Waals surface area contributed by atoms with Gasteiger partial charge in [0.25, 0.3) is 17.0 Å². The molecule has 0 fully saturated rings. The summed E-state index contributed by atoms with van der Waals surface area (Å²) in [5.41, 5.74) is 1.42. The molecule has 5 heterocycles. The van der Waals surface area contributed by atoms with Gasteiger partial charge in [-0.2, -0.15) is 5.10 Å². The summed E-state index contributed by atoms with van der Waals surface area (Å²) >= 11 is 1.15. The van der Waals surface area contributed by atoms with Crippen molar-refractivity contribution in [3.63, 3.8) is 0 Å². The molecule has 0 saturated heterocycles. The molecule has 0 aliphatic carbocycles. The van der Waals surface area contributed by atoms with Gasteiger partial charge >= 0.3 is 0 Å². The molecule has 0 aromatic carbocycles. The molecule has 1 amide bonds. The van der Waals surface area contributed by atoms with E-state index in [0.29, 0.717) is 40.5 Å². The number of hydrogen-bond acceptors (Lipinski definition) is 9. The highest BCUT2D eigenvalue weighted by Crippen LogP contribution is 2.34. The lowest BCUT2D eigenvalue weighted by molar-refractivity contribution is -0.130. The minimum absolute atomic E-state index is 0.0815. The zero-order chi connectivity index (χ0) is 20.5. The van der Waals surface area contributed by atoms with Crippen LogP contribution in [0.4, 0.5) is 0 Å². The van der Waals surface area contributed by atoms with Crippen molar-refractivity contribution < 1.29 is 22.5 Å². The number of thioether (sulfide) groups is 1. The van der Waals surface area contributed by atoms with Crippen LogP contribution in [0.25, 0.3) is 11.5 Å². The lowest BCUT2D eigenvalue weighted by atomic mass is 10.1. The van der Waals surface area contributed by atoms with Gasteiger partial charge in [0.15, 0.2) is 0 Å². The average molecular weight is 424 g/mol. The molecule has 5 rings (SSSR count). The Bertz CT molecular complexity index is 1180. The van der Waals surface area contributed by atoms with Crippen LogP contribution in [0.1, 0.15) is 29.7 Å². The van der Waals surface area contributed by atoms with E-state index in [1.54, 1.807) is 37.0 Å². The number of rotatable bonds is 6. The lowest BCUT2D eigenvalue weighted by Crippen LogP contribution is -2.28. The molecule has 1 aliphatic heterocycles. The van der Waals surface area contributed by atoms with E-state index in [0.717, 1.165) is 17.3 Å². The molecular weight excluding hydrogens is 408 g/mol. The van der Waals surface area contributed by atoms with Crippen molar-refractivity contribution in [2.75, 3.05) is 5.75 Å². The van der Waals surface area contributed by atoms with E-state index in [9.17, 15) is 4.79 Å². The number of nitrogens with zero attached hydrogens (tertiary/aromatic N) is 4. The predicted molar refractivity (Wildman–Crippen MR) is 106 cm³/mol. The second-order valence-electron chi connectivity index (χ2n) is 6.55. The molecular formula is C20H16N4O5S. The van der Waals surface area contributed by atoms with Crippen LogP contribution in [0, 0.1) is 6.92 Å². The van der Waals surface area contributed by atoms with E-state index in [4.69, 9.17) is 17.7 Å². The summed E-state index contributed by atoms with van der Waals surface area (Å²) in [6.07, 6.45) is 5.22. The first-order valence-corrected chi connectivity index (χ1v) is 10.1. The minimum Gasteiger partial charge on any atom is -0.469 e. The molecule has 0 bridgehead atoms. The number of amides is 1. The molecule has 4 aromatic rings. The van der Waals surface area contributed by atoms with Crippen LogP contribution < -0.4 is 0 Å². The van der Waals surface area contributed by atoms with Gasteiger partial charge in [0.05, 0.1) is 30.1 Å². The number of furan rings is 3. The molecule has 1 aliphatic rings. The monoisotopic (exact) mass is 424 g/mol. The van der Waals surface area contributed by atoms with Gasteiger partial charge in [0.2, 0.25) is 0 Å². The Kier molecular flexibility index (Phi) is 4.75. The van der Waals surface area contributed by atoms with Crippen LogP contribution in [0.15, 0.2) is 77.1 Å². The molecule has 30 heavy (non-hydrogen) atoms. The Labute approximate surface area is 174 Å². The summed E-state index contributed by atoms with van der Waals surface area (Å²) in [4.78, 5) is 12.9. The van der Waals surface area contributed by atoms with Crippen LogP contribution in [-0.2, 0) is 4.79 Å². The van der Waals surface area contributed by atoms with Crippen LogP contribution in [0.2, 0.25) is 0 Å². The van der Waals surface area contributed by atoms with Crippen molar-refractivity contribution in [1.82, 2.24) is 15.2 Å². The topological polar surface area (TPSA) is 111 Å². The Morgan fingerprint density at radius 3 is 2.73 bits per heavy atom. The Morgan fingerprint density at radius 2 is 2.00 bits per heavy atom. The second-order valence-corrected chi connectivity index (χ2v) is 7.48. The van der Waals surface area contributed by atoms with E-state index in [1.165, 1.54) is 5.01 Å². The summed E-state index contributed by atoms with van der Waals surface area (Å²) in [7, 11) is 0. The smallest absolute Gasteiger partial charge is 0.277 e. The third-order valence-electron chi connectivity index (χ3n) is 4.66. The zero-order valence-corrected chi connectivity index (χ0v) is 16.7. The maximum atomic E-state index is 12.9. The molecule has 1 atom stereocenters. The SMILES string of the molecule is Cc1occc1-c1nnc(SCC(=O)N2N=C(c3ccco3)CC2c2ccco2)o1. The predicted octanol–water partition coefficient (Wildman–Crippen LogP) is 4.29. The fraction of sp³-hybridized carbons (Fsp3) is 0.200. The van der Waals surface area contributed by atoms with Gasteiger partial charge in [0.1, 0.15) is 29.0 Å². The maximum absolute atomic E-state index is 12.9. The first kappa shape index (κ1) is 18.5. The summed E-state index contributed by atoms with van der Waals surface area (Å²) < 4.78 is 21.9. The first-order chi connectivity index (χ1) is 14.7. The number of carbonyl (C=O) groups is 1. The number of aromatic nitrogens is 2. The quantitative estimate of drug-likeness (QED) is 0.421. The van der Waals surface area contributed by atoms with Crippen molar-refractivity contribution in [2.24, 2.45) is 5.10 Å². The highest BCUT2D eigenvalue weighted by molar-refractivity contribution is 7.99. The lowest BCUT2D eigenvalue weighted by Gasteiger charge is -2.19. The minimum atomic E-state index is -0.333. The maximum Gasteiger partial charge on any atom is 0.277 e. The molecule has 1 unspecified atom stereocenters. The van der Waals surface area contributed by atoms with Gasteiger partial charge in [-0.15, -0.1) is 10.2 Å². The third-order valence-corrected chi connectivity index (χ3v) is 5.46. The number of hydrogen-bond donors (Lipinski definition) is 0. The number of carbonyl (C=O) groups excluding carboxylic acids is 1. The molecule has 152 valence electrons. The van der Waals surface area contributed by atoms with Crippen molar-refractivity contribution >= 4 is 23.4 Å². The van der Waals surface area contributed by atoms with Gasteiger partial charge in [-0.05, 0) is 37.3 Å². The zero-order valence-electron chi connectivity index (χ0n) is 15.8. The molecule has 0 radical (unpaired) electrons. The number of aryl methyl sites for hydroxylation is 1. The van der Waals surface area contributed by atoms with E-state index < -0.39 is 0 Å². The summed E-state index contributed by atoms with van der Waals surface area (Å²) in [6, 6.07) is 8.64. The largest absolute Gasteiger partial charge is 0.469 e. The van der Waals surface area contributed by atoms with Crippen molar-refractivity contribution in [3.05, 3.63) is 66.4 Å². The van der Waals surface area contributed by atoms with Gasteiger partial charge in [0, 0.05) is 6.42 Å². The van der Waals surface area contributed by atoms with Crippen molar-refractivity contribution in [2.45, 2.75) is 24.6 Å². The highest BCUT2D eigenvalue weighted by atomic mass is 32.2. The fourth-order valence-electron chi connectivity index (χ4n) is 3.21. The molecule has 0 N–H and O–H groups in total. The molecule has 9 nitrogen and oxygen atoms in total. The van der Waals surface area contributed by atoms with Gasteiger partial charge < -0.3 is 17.7 Å². The van der Waals surface area contributed by atoms with Crippen LogP contribution >= 0.6 is 11.8 Å². The molecule has 0 spiro atoms. The van der Waals surface area contributed by atoms with Gasteiger partial charge in [-0.3, -0.25) is 4.79 Å². The number of hydrazone groups is 1. The Hall–Kier alpha value is -3.53. The van der Waals surface area contributed by atoms with Gasteiger partial charge in [-0.1, -0.05) is 11.8 Å². The average Bonchev–Trinajstić information content (AvgIpc) is 3.55. The van der Waals surface area contributed by atoms with E-state index in [-0.39, 0.29) is 17.7 Å². The molecule has 0 saturated carbocycles. The van der Waals surface area contributed by atoms with E-state index >= 15 is 0 Å². The van der Waals surface area contributed by atoms with Crippen molar-refractivity contribution in [1.29, 1.82) is 0 Å². The summed E-state index contributed by atoms with van der Waals surface area (Å²) in [5, 5.41) is 14.2. The van der Waals surface area contributed by atoms with E-state index in [2.05, 4.69) is 15.3 Å². The van der Waals surface area contributed by atoms with Crippen LogP contribution in [0.5, 0.6) is 0 Å². The van der Waals surface area contributed by atoms with Crippen LogP contribution in [-0.4, -0.2) is 32.6 Å². The van der Waals surface area contributed by atoms with Gasteiger partial charge in [-0.25, -0.2) is 5.01 Å². The standard InChI is InChI=1S/C20H16N4O5S/c1-12-13(6-9-26-12)19-21-22-20(29-19)30-11-18(25)24-15(17-5-3-8-28-17)10-14(23-24)16-4-2-7-27-16/h2-9,15H,10-11H2,1H3. The van der Waals surface area contributed by atoms with Crippen LogP contribution in [0.3, 0.4) is 0 Å². The third kappa shape index (κ3) is 3.45. The molecule has 4 aromatic heterocycles. The Balaban J connectivity index is 1.31.